The first-order valence-corrected chi connectivity index (χ1v) is 12.9. The van der Waals surface area contributed by atoms with Crippen LogP contribution in [0.3, 0.4) is 0 Å². The summed E-state index contributed by atoms with van der Waals surface area (Å²) in [5, 5.41) is 11.0. The fraction of sp³-hybridized carbons (Fsp3) is 0.250. The van der Waals surface area contributed by atoms with Crippen LogP contribution in [-0.2, 0) is 18.6 Å². The third-order valence-corrected chi connectivity index (χ3v) is 8.21. The zero-order valence-electron chi connectivity index (χ0n) is 20.5. The maximum atomic E-state index is 16.4. The van der Waals surface area contributed by atoms with Gasteiger partial charge in [-0.1, -0.05) is 41.9 Å². The van der Waals surface area contributed by atoms with Gasteiger partial charge in [-0.3, -0.25) is 9.36 Å². The standard InChI is InChI=1S/C28H22ClF2N5O3/c29-24-17(30)10-19-16(11-28(39-19,20-7-4-8-33-20)14-5-2-1-3-6-14)22(24)23-15(27(32)37)9-18-26(25(23)31)38-12-21-35-34-13-36(18)21/h1-3,5-6,9-10,13,20,33H,4,7-8,11-12H2,(H2,32,37)/t20-,28-/m0/s1. The molecule has 8 nitrogen and oxygen atoms in total. The molecule has 198 valence electrons. The second-order valence-electron chi connectivity index (χ2n) is 9.94. The Morgan fingerprint density at radius 2 is 2.03 bits per heavy atom. The van der Waals surface area contributed by atoms with Gasteiger partial charge in [-0.25, -0.2) is 8.78 Å². The van der Waals surface area contributed by atoms with Crippen molar-refractivity contribution in [2.75, 3.05) is 6.54 Å². The van der Waals surface area contributed by atoms with Crippen LogP contribution in [0, 0.1) is 11.6 Å². The Kier molecular flexibility index (Phi) is 5.40. The molecule has 0 unspecified atom stereocenters. The molecule has 3 aliphatic rings. The van der Waals surface area contributed by atoms with Gasteiger partial charge in [-0.2, -0.15) is 0 Å². The number of nitrogens with zero attached hydrogens (tertiary/aromatic N) is 3. The van der Waals surface area contributed by atoms with Gasteiger partial charge in [0.1, 0.15) is 24.5 Å². The number of hydrogen-bond acceptors (Lipinski definition) is 6. The SMILES string of the molecule is NC(=O)c1cc2c(c(F)c1-c1c(Cl)c(F)cc3c1C[C@](c1ccccc1)([C@@H]1CCCN1)O3)OCc1nncn1-2. The zero-order valence-corrected chi connectivity index (χ0v) is 21.3. The number of carbonyl (C=O) groups is 1. The monoisotopic (exact) mass is 549 g/mol. The first-order valence-electron chi connectivity index (χ1n) is 12.6. The molecule has 39 heavy (non-hydrogen) atoms. The van der Waals surface area contributed by atoms with Crippen molar-refractivity contribution in [2.45, 2.75) is 37.5 Å². The van der Waals surface area contributed by atoms with Crippen molar-refractivity contribution in [3.8, 4) is 28.3 Å². The molecule has 3 aromatic carbocycles. The summed E-state index contributed by atoms with van der Waals surface area (Å²) >= 11 is 6.57. The Morgan fingerprint density at radius 3 is 2.77 bits per heavy atom. The van der Waals surface area contributed by atoms with Crippen molar-refractivity contribution in [1.82, 2.24) is 20.1 Å². The van der Waals surface area contributed by atoms with E-state index in [2.05, 4.69) is 15.5 Å². The highest BCUT2D eigenvalue weighted by molar-refractivity contribution is 6.34. The lowest BCUT2D eigenvalue weighted by Crippen LogP contribution is -2.48. The van der Waals surface area contributed by atoms with Crippen LogP contribution in [0.4, 0.5) is 8.78 Å². The van der Waals surface area contributed by atoms with E-state index in [-0.39, 0.29) is 58.0 Å². The summed E-state index contributed by atoms with van der Waals surface area (Å²) in [5.41, 5.74) is 6.08. The van der Waals surface area contributed by atoms with Gasteiger partial charge in [0.05, 0.1) is 22.3 Å². The molecule has 2 atom stereocenters. The molecule has 1 amide bonds. The number of hydrogen-bond donors (Lipinski definition) is 2. The van der Waals surface area contributed by atoms with Crippen molar-refractivity contribution in [3.63, 3.8) is 0 Å². The lowest BCUT2D eigenvalue weighted by molar-refractivity contribution is 0.0539. The van der Waals surface area contributed by atoms with E-state index < -0.39 is 23.1 Å². The molecule has 0 spiro atoms. The summed E-state index contributed by atoms with van der Waals surface area (Å²) in [5.74, 6) is -2.07. The largest absolute Gasteiger partial charge is 0.480 e. The average Bonchev–Trinajstić information content (AvgIpc) is 3.70. The summed E-state index contributed by atoms with van der Waals surface area (Å²) in [6, 6.07) is 12.2. The maximum absolute atomic E-state index is 16.4. The smallest absolute Gasteiger partial charge is 0.249 e. The maximum Gasteiger partial charge on any atom is 0.249 e. The Labute approximate surface area is 226 Å². The van der Waals surface area contributed by atoms with E-state index in [0.717, 1.165) is 24.9 Å². The van der Waals surface area contributed by atoms with Gasteiger partial charge in [0.2, 0.25) is 5.91 Å². The Balaban J connectivity index is 1.48. The van der Waals surface area contributed by atoms with Crippen LogP contribution in [0.15, 0.2) is 48.8 Å². The van der Waals surface area contributed by atoms with Crippen molar-refractivity contribution in [1.29, 1.82) is 0 Å². The average molecular weight is 550 g/mol. The highest BCUT2D eigenvalue weighted by Gasteiger charge is 2.50. The number of fused-ring (bicyclic) bond motifs is 4. The number of halogens is 3. The molecule has 0 radical (unpaired) electrons. The van der Waals surface area contributed by atoms with Crippen molar-refractivity contribution >= 4 is 17.5 Å². The van der Waals surface area contributed by atoms with Crippen LogP contribution in [0.1, 0.15) is 40.2 Å². The first kappa shape index (κ1) is 24.1. The van der Waals surface area contributed by atoms with E-state index in [1.165, 1.54) is 23.0 Å². The minimum absolute atomic E-state index is 0.0229. The molecule has 3 aliphatic heterocycles. The van der Waals surface area contributed by atoms with Crippen molar-refractivity contribution < 1.29 is 23.0 Å². The molecule has 7 rings (SSSR count). The predicted octanol–water partition coefficient (Wildman–Crippen LogP) is 4.44. The molecule has 0 saturated carbocycles. The topological polar surface area (TPSA) is 104 Å². The summed E-state index contributed by atoms with van der Waals surface area (Å²) in [7, 11) is 0. The van der Waals surface area contributed by atoms with E-state index in [4.69, 9.17) is 26.8 Å². The number of rotatable bonds is 4. The molecule has 4 heterocycles. The van der Waals surface area contributed by atoms with Crippen LogP contribution in [0.5, 0.6) is 11.5 Å². The van der Waals surface area contributed by atoms with Crippen LogP contribution in [-0.4, -0.2) is 33.3 Å². The number of nitrogens with two attached hydrogens (primary N) is 1. The summed E-state index contributed by atoms with van der Waals surface area (Å²) in [6.45, 7) is 0.774. The quantitative estimate of drug-likeness (QED) is 0.390. The third kappa shape index (κ3) is 3.48. The van der Waals surface area contributed by atoms with Crippen molar-refractivity contribution in [2.24, 2.45) is 5.73 Å². The molecule has 11 heteroatoms. The molecule has 4 aromatic rings. The summed E-state index contributed by atoms with van der Waals surface area (Å²) in [6.07, 6.45) is 3.45. The number of nitrogens with one attached hydrogen (secondary N) is 1. The molecule has 0 bridgehead atoms. The minimum Gasteiger partial charge on any atom is -0.480 e. The molecular weight excluding hydrogens is 528 g/mol. The van der Waals surface area contributed by atoms with E-state index in [9.17, 15) is 4.79 Å². The van der Waals surface area contributed by atoms with Crippen LogP contribution < -0.4 is 20.5 Å². The number of aromatic nitrogens is 3. The van der Waals surface area contributed by atoms with Gasteiger partial charge in [0, 0.05) is 29.2 Å². The lowest BCUT2D eigenvalue weighted by Gasteiger charge is -2.35. The minimum atomic E-state index is -0.910. The Hall–Kier alpha value is -4.02. The van der Waals surface area contributed by atoms with Gasteiger partial charge in [0.25, 0.3) is 0 Å². The fourth-order valence-corrected chi connectivity index (χ4v) is 6.35. The fourth-order valence-electron chi connectivity index (χ4n) is 6.09. The van der Waals surface area contributed by atoms with E-state index in [1.807, 2.05) is 30.3 Å². The van der Waals surface area contributed by atoms with E-state index >= 15 is 8.78 Å². The van der Waals surface area contributed by atoms with Gasteiger partial charge < -0.3 is 20.5 Å². The van der Waals surface area contributed by atoms with Gasteiger partial charge >= 0.3 is 0 Å². The predicted molar refractivity (Wildman–Crippen MR) is 138 cm³/mol. The van der Waals surface area contributed by atoms with Gasteiger partial charge in [-0.15, -0.1) is 10.2 Å². The zero-order chi connectivity index (χ0) is 26.9. The van der Waals surface area contributed by atoms with Crippen LogP contribution >= 0.6 is 11.6 Å². The molecule has 1 saturated heterocycles. The highest BCUT2D eigenvalue weighted by atomic mass is 35.5. The second kappa shape index (κ2) is 8.75. The Morgan fingerprint density at radius 1 is 1.21 bits per heavy atom. The second-order valence-corrected chi connectivity index (χ2v) is 10.3. The summed E-state index contributed by atoms with van der Waals surface area (Å²) < 4.78 is 45.6. The summed E-state index contributed by atoms with van der Waals surface area (Å²) in [4.78, 5) is 12.7. The molecule has 1 fully saturated rings. The number of ether oxygens (including phenoxy) is 2. The number of amides is 1. The number of carbonyl (C=O) groups excluding carboxylic acids is 1. The molecule has 1 aromatic heterocycles. The van der Waals surface area contributed by atoms with Gasteiger partial charge in [-0.05, 0) is 31.0 Å². The Bertz CT molecular complexity index is 1660. The normalized spacial score (nSPS) is 21.1. The molecular formula is C28H22ClF2N5O3. The third-order valence-electron chi connectivity index (χ3n) is 7.84. The van der Waals surface area contributed by atoms with Crippen LogP contribution in [0.25, 0.3) is 16.8 Å². The van der Waals surface area contributed by atoms with Crippen LogP contribution in [0.2, 0.25) is 5.02 Å². The van der Waals surface area contributed by atoms with E-state index in [1.54, 1.807) is 0 Å². The number of primary amides is 1. The number of benzene rings is 3. The first-order chi connectivity index (χ1) is 18.9. The van der Waals surface area contributed by atoms with E-state index in [0.29, 0.717) is 11.4 Å². The van der Waals surface area contributed by atoms with Gasteiger partial charge in [0.15, 0.2) is 23.0 Å². The molecule has 3 N–H and O–H groups in total. The highest BCUT2D eigenvalue weighted by Crippen LogP contribution is 2.53. The molecule has 0 aliphatic carbocycles. The van der Waals surface area contributed by atoms with Crippen molar-refractivity contribution in [3.05, 3.63) is 88.0 Å². The lowest BCUT2D eigenvalue weighted by atomic mass is 9.80.